The molecule has 0 heterocycles. The molecule has 402 valence electrons. The summed E-state index contributed by atoms with van der Waals surface area (Å²) in [5.74, 6) is -0.898. The number of ether oxygens (including phenoxy) is 3. The molecule has 6 nitrogen and oxygen atoms in total. The molecule has 0 saturated heterocycles. The van der Waals surface area contributed by atoms with E-state index in [9.17, 15) is 14.4 Å². The molecule has 0 saturated carbocycles. The van der Waals surface area contributed by atoms with E-state index in [0.29, 0.717) is 19.3 Å². The third-order valence-electron chi connectivity index (χ3n) is 12.6. The maximum absolute atomic E-state index is 12.8. The van der Waals surface area contributed by atoms with Crippen LogP contribution in [0.15, 0.2) is 85.1 Å². The molecule has 0 radical (unpaired) electrons. The summed E-state index contributed by atoms with van der Waals surface area (Å²) in [7, 11) is 0. The third-order valence-corrected chi connectivity index (χ3v) is 12.6. The van der Waals surface area contributed by atoms with E-state index in [0.717, 1.165) is 116 Å². The minimum atomic E-state index is -0.784. The molecule has 70 heavy (non-hydrogen) atoms. The number of rotatable bonds is 53. The van der Waals surface area contributed by atoms with Gasteiger partial charge >= 0.3 is 17.9 Å². The summed E-state index contributed by atoms with van der Waals surface area (Å²) in [6, 6.07) is 0. The largest absolute Gasteiger partial charge is 0.462 e. The Balaban J connectivity index is 4.34. The molecule has 0 aromatic heterocycles. The fourth-order valence-corrected chi connectivity index (χ4v) is 8.21. The Bertz CT molecular complexity index is 1350. The van der Waals surface area contributed by atoms with Gasteiger partial charge in [-0.25, -0.2) is 0 Å². The Morgan fingerprint density at radius 3 is 0.900 bits per heavy atom. The van der Waals surface area contributed by atoms with E-state index in [1.165, 1.54) is 128 Å². The van der Waals surface area contributed by atoms with Crippen LogP contribution >= 0.6 is 0 Å². The fraction of sp³-hybridized carbons (Fsp3) is 0.734. The molecule has 0 aliphatic carbocycles. The van der Waals surface area contributed by atoms with E-state index in [1.54, 1.807) is 0 Å². The zero-order chi connectivity index (χ0) is 50.7. The molecule has 0 N–H and O–H groups in total. The zero-order valence-corrected chi connectivity index (χ0v) is 46.0. The van der Waals surface area contributed by atoms with Gasteiger partial charge in [0.15, 0.2) is 6.10 Å². The predicted octanol–water partition coefficient (Wildman–Crippen LogP) is 19.9. The topological polar surface area (TPSA) is 78.9 Å². The van der Waals surface area contributed by atoms with Crippen LogP contribution in [0.1, 0.15) is 284 Å². The normalized spacial score (nSPS) is 12.7. The molecule has 1 unspecified atom stereocenters. The van der Waals surface area contributed by atoms with Gasteiger partial charge in [0, 0.05) is 19.3 Å². The Labute approximate surface area is 433 Å². The number of esters is 3. The Kier molecular flexibility index (Phi) is 55.3. The first-order chi connectivity index (χ1) is 34.5. The van der Waals surface area contributed by atoms with Crippen molar-refractivity contribution in [2.45, 2.75) is 290 Å². The lowest BCUT2D eigenvalue weighted by molar-refractivity contribution is -0.167. The number of allylic oxidation sites excluding steroid dienone is 14. The highest BCUT2D eigenvalue weighted by Gasteiger charge is 2.19. The lowest BCUT2D eigenvalue weighted by atomic mass is 10.0. The first kappa shape index (κ1) is 66.6. The van der Waals surface area contributed by atoms with Gasteiger partial charge in [0.1, 0.15) is 13.2 Å². The van der Waals surface area contributed by atoms with E-state index in [2.05, 4.69) is 106 Å². The van der Waals surface area contributed by atoms with Crippen LogP contribution in [0.3, 0.4) is 0 Å². The molecule has 0 fully saturated rings. The van der Waals surface area contributed by atoms with Gasteiger partial charge in [-0.15, -0.1) is 0 Å². The second-order valence-electron chi connectivity index (χ2n) is 19.5. The van der Waals surface area contributed by atoms with Crippen molar-refractivity contribution in [2.75, 3.05) is 13.2 Å². The second-order valence-corrected chi connectivity index (χ2v) is 19.5. The van der Waals surface area contributed by atoms with Gasteiger partial charge in [0.2, 0.25) is 0 Å². The smallest absolute Gasteiger partial charge is 0.306 e. The van der Waals surface area contributed by atoms with Crippen molar-refractivity contribution in [1.82, 2.24) is 0 Å². The first-order valence-corrected chi connectivity index (χ1v) is 29.6. The molecule has 0 aromatic rings. The predicted molar refractivity (Wildman–Crippen MR) is 302 cm³/mol. The highest BCUT2D eigenvalue weighted by atomic mass is 16.6. The fourth-order valence-electron chi connectivity index (χ4n) is 8.21. The second kappa shape index (κ2) is 58.2. The minimum absolute atomic E-state index is 0.0834. The van der Waals surface area contributed by atoms with Crippen LogP contribution in [0.5, 0.6) is 0 Å². The lowest BCUT2D eigenvalue weighted by Crippen LogP contribution is -2.30. The molecule has 1 atom stereocenters. The summed E-state index contributed by atoms with van der Waals surface area (Å²) in [4.78, 5) is 38.2. The van der Waals surface area contributed by atoms with Gasteiger partial charge in [-0.2, -0.15) is 0 Å². The Morgan fingerprint density at radius 2 is 0.557 bits per heavy atom. The SMILES string of the molecule is CC/C=C\C/C=C\C/C=C\C/C=C\C/C=C\C/C=C\CCCCCCCCC(=O)OCC(COC(=O)CCCCCCC/C=C\CCCCCC)OC(=O)CCCCCCCCCCCCCCCC. The number of carbonyl (C=O) groups is 3. The van der Waals surface area contributed by atoms with Crippen molar-refractivity contribution in [3.63, 3.8) is 0 Å². The third kappa shape index (κ3) is 55.5. The van der Waals surface area contributed by atoms with Gasteiger partial charge in [-0.3, -0.25) is 14.4 Å². The quantitative estimate of drug-likeness (QED) is 0.0261. The maximum atomic E-state index is 12.8. The van der Waals surface area contributed by atoms with E-state index < -0.39 is 6.10 Å². The van der Waals surface area contributed by atoms with Crippen LogP contribution in [-0.2, 0) is 28.6 Å². The number of hydrogen-bond acceptors (Lipinski definition) is 6. The van der Waals surface area contributed by atoms with Crippen molar-refractivity contribution >= 4 is 17.9 Å². The molecule has 0 bridgehead atoms. The van der Waals surface area contributed by atoms with E-state index in [-0.39, 0.29) is 31.1 Å². The number of carbonyl (C=O) groups excluding carboxylic acids is 3. The van der Waals surface area contributed by atoms with Crippen LogP contribution in [0.4, 0.5) is 0 Å². The van der Waals surface area contributed by atoms with Gasteiger partial charge in [-0.05, 0) is 96.3 Å². The molecule has 0 aliphatic heterocycles. The monoisotopic (exact) mass is 975 g/mol. The van der Waals surface area contributed by atoms with E-state index >= 15 is 0 Å². The first-order valence-electron chi connectivity index (χ1n) is 29.6. The van der Waals surface area contributed by atoms with Crippen LogP contribution < -0.4 is 0 Å². The van der Waals surface area contributed by atoms with Gasteiger partial charge < -0.3 is 14.2 Å². The summed E-state index contributed by atoms with van der Waals surface area (Å²) in [5, 5.41) is 0. The Morgan fingerprint density at radius 1 is 0.300 bits per heavy atom. The van der Waals surface area contributed by atoms with Crippen molar-refractivity contribution < 1.29 is 28.6 Å². The zero-order valence-electron chi connectivity index (χ0n) is 46.0. The van der Waals surface area contributed by atoms with Crippen molar-refractivity contribution in [2.24, 2.45) is 0 Å². The van der Waals surface area contributed by atoms with Gasteiger partial charge in [-0.1, -0.05) is 254 Å². The minimum Gasteiger partial charge on any atom is -0.462 e. The molecule has 0 amide bonds. The van der Waals surface area contributed by atoms with Crippen LogP contribution in [-0.4, -0.2) is 37.2 Å². The highest BCUT2D eigenvalue weighted by molar-refractivity contribution is 5.71. The highest BCUT2D eigenvalue weighted by Crippen LogP contribution is 2.16. The van der Waals surface area contributed by atoms with Gasteiger partial charge in [0.25, 0.3) is 0 Å². The van der Waals surface area contributed by atoms with Crippen molar-refractivity contribution in [3.8, 4) is 0 Å². The lowest BCUT2D eigenvalue weighted by Gasteiger charge is -2.18. The number of hydrogen-bond donors (Lipinski definition) is 0. The van der Waals surface area contributed by atoms with Crippen LogP contribution in [0.2, 0.25) is 0 Å². The van der Waals surface area contributed by atoms with Crippen molar-refractivity contribution in [3.05, 3.63) is 85.1 Å². The van der Waals surface area contributed by atoms with E-state index in [1.807, 2.05) is 0 Å². The standard InChI is InChI=1S/C64H110O6/c1-4-7-10-13-16-19-22-25-27-28-29-30-31-32-33-34-35-36-37-40-42-45-48-51-54-57-63(66)69-60-61(59-68-62(65)56-53-50-47-44-41-38-24-21-18-15-12-9-6-3)70-64(67)58-55-52-49-46-43-39-26-23-20-17-14-11-8-5-2/h7,10,16,19,21,24-25,27,29-30,32-33,35-36,61H,4-6,8-9,11-15,17-18,20,22-23,26,28,31,34,37-60H2,1-3H3/b10-7-,19-16-,24-21-,27-25-,30-29-,33-32-,36-35-. The summed E-state index contributed by atoms with van der Waals surface area (Å²) >= 11 is 0. The number of unbranched alkanes of at least 4 members (excludes halogenated alkanes) is 28. The van der Waals surface area contributed by atoms with Crippen LogP contribution in [0, 0.1) is 0 Å². The average molecular weight is 976 g/mol. The van der Waals surface area contributed by atoms with Gasteiger partial charge in [0.05, 0.1) is 0 Å². The molecule has 0 aliphatic rings. The molecule has 0 rings (SSSR count). The van der Waals surface area contributed by atoms with E-state index in [4.69, 9.17) is 14.2 Å². The summed E-state index contributed by atoms with van der Waals surface area (Å²) < 4.78 is 16.9. The summed E-state index contributed by atoms with van der Waals surface area (Å²) in [6.45, 7) is 6.51. The molecular weight excluding hydrogens is 865 g/mol. The van der Waals surface area contributed by atoms with Crippen LogP contribution in [0.25, 0.3) is 0 Å². The summed E-state index contributed by atoms with van der Waals surface area (Å²) in [6.07, 6.45) is 75.7. The average Bonchev–Trinajstić information content (AvgIpc) is 3.36. The molecule has 0 spiro atoms. The molecular formula is C64H110O6. The molecule has 0 aromatic carbocycles. The maximum Gasteiger partial charge on any atom is 0.306 e. The Hall–Kier alpha value is -3.41. The molecule has 6 heteroatoms. The van der Waals surface area contributed by atoms with Crippen molar-refractivity contribution in [1.29, 1.82) is 0 Å². The summed E-state index contributed by atoms with van der Waals surface area (Å²) in [5.41, 5.74) is 0.